The lowest BCUT2D eigenvalue weighted by atomic mass is 9.74. The molecule has 0 saturated heterocycles. The average molecular weight is 345 g/mol. The molecule has 1 fully saturated rings. The molecule has 0 atom stereocenters. The molecule has 1 aromatic carbocycles. The van der Waals surface area contributed by atoms with Crippen molar-refractivity contribution in [3.05, 3.63) is 35.9 Å². The van der Waals surface area contributed by atoms with Gasteiger partial charge in [0.15, 0.2) is 5.78 Å². The molecule has 0 aromatic heterocycles. The topological polar surface area (TPSA) is 34.1 Å². The number of Topliss-reactive ketones (excluding diaryl/α,β-unsaturated/α-hetero) is 1. The Labute approximate surface area is 147 Å². The van der Waals surface area contributed by atoms with Crippen LogP contribution >= 0.6 is 0 Å². The van der Waals surface area contributed by atoms with Gasteiger partial charge in [-0.05, 0) is 48.7 Å². The third-order valence-corrected chi connectivity index (χ3v) is 5.74. The fourth-order valence-corrected chi connectivity index (χ4v) is 4.19. The first-order chi connectivity index (χ1) is 11.1. The molecule has 0 bridgehead atoms. The van der Waals surface area contributed by atoms with Crippen LogP contribution in [0.3, 0.4) is 0 Å². The van der Waals surface area contributed by atoms with Gasteiger partial charge >= 0.3 is 0 Å². The first kappa shape index (κ1) is 18.8. The highest BCUT2D eigenvalue weighted by molar-refractivity contribution is 8.02. The van der Waals surface area contributed by atoms with Gasteiger partial charge in [-0.15, -0.1) is 0 Å². The summed E-state index contributed by atoms with van der Waals surface area (Å²) in [5.41, 5.74) is 0.245. The van der Waals surface area contributed by atoms with E-state index in [1.54, 1.807) is 12.5 Å². The van der Waals surface area contributed by atoms with Crippen molar-refractivity contribution in [2.75, 3.05) is 12.5 Å². The van der Waals surface area contributed by atoms with Crippen LogP contribution in [-0.2, 0) is 19.7 Å². The Balaban J connectivity index is 2.60. The van der Waals surface area contributed by atoms with Crippen molar-refractivity contribution >= 4 is 20.2 Å². The van der Waals surface area contributed by atoms with Gasteiger partial charge in [-0.3, -0.25) is 9.00 Å². The molecule has 2 nitrogen and oxygen atoms in total. The molecule has 0 heterocycles. The van der Waals surface area contributed by atoms with Crippen LogP contribution in [0.1, 0.15) is 52.0 Å². The standard InChI is InChI=1S/C21H28O2S/c1-20(2,3)16-13-18(24(4,5)23)19(22)21(14-9-10-15-21)17-11-7-6-8-12-17/h6-8,11-12H,9-10,14-15H2,1-5H3. The van der Waals surface area contributed by atoms with Crippen LogP contribution in [0.25, 0.3) is 0 Å². The molecule has 2 rings (SSSR count). The summed E-state index contributed by atoms with van der Waals surface area (Å²) in [6.45, 7) is 5.99. The van der Waals surface area contributed by atoms with E-state index < -0.39 is 14.9 Å². The minimum absolute atomic E-state index is 0.0297. The zero-order valence-electron chi connectivity index (χ0n) is 15.4. The zero-order valence-corrected chi connectivity index (χ0v) is 16.3. The molecule has 0 radical (unpaired) electrons. The van der Waals surface area contributed by atoms with Crippen molar-refractivity contribution < 1.29 is 9.00 Å². The van der Waals surface area contributed by atoms with Gasteiger partial charge in [0, 0.05) is 17.9 Å². The summed E-state index contributed by atoms with van der Waals surface area (Å²) in [6.07, 6.45) is 6.93. The van der Waals surface area contributed by atoms with Gasteiger partial charge in [0.25, 0.3) is 0 Å². The maximum atomic E-state index is 13.5. The van der Waals surface area contributed by atoms with Crippen molar-refractivity contribution in [3.63, 3.8) is 0 Å². The summed E-state index contributed by atoms with van der Waals surface area (Å²) in [4.78, 5) is 13.8. The molecule has 0 N–H and O–H groups in total. The minimum atomic E-state index is -2.43. The van der Waals surface area contributed by atoms with Gasteiger partial charge in [0.1, 0.15) is 4.86 Å². The average Bonchev–Trinajstić information content (AvgIpc) is 2.96. The summed E-state index contributed by atoms with van der Waals surface area (Å²) in [5, 5.41) is 0. The maximum absolute atomic E-state index is 13.5. The first-order valence-electron chi connectivity index (χ1n) is 8.51. The van der Waals surface area contributed by atoms with Crippen molar-refractivity contribution in [1.29, 1.82) is 0 Å². The van der Waals surface area contributed by atoms with Crippen LogP contribution in [0, 0.1) is 17.3 Å². The smallest absolute Gasteiger partial charge is 0.189 e. The molecule has 0 spiro atoms. The molecule has 1 saturated carbocycles. The molecule has 1 aliphatic carbocycles. The largest absolute Gasteiger partial charge is 0.292 e. The first-order valence-corrected chi connectivity index (χ1v) is 10.9. The van der Waals surface area contributed by atoms with Gasteiger partial charge in [-0.1, -0.05) is 55.0 Å². The predicted octanol–water partition coefficient (Wildman–Crippen LogP) is 3.83. The van der Waals surface area contributed by atoms with Gasteiger partial charge in [0.05, 0.1) is 5.41 Å². The van der Waals surface area contributed by atoms with Crippen LogP contribution in [0.15, 0.2) is 30.3 Å². The third-order valence-electron chi connectivity index (χ3n) is 4.47. The SMILES string of the molecule is CC(C)(C)C#CC(C(=O)C1(c2ccccc2)CCCC1)=S(C)(C)=O. The molecular weight excluding hydrogens is 316 g/mol. The molecule has 24 heavy (non-hydrogen) atoms. The van der Waals surface area contributed by atoms with Crippen LogP contribution in [0.2, 0.25) is 0 Å². The van der Waals surface area contributed by atoms with E-state index in [-0.39, 0.29) is 11.2 Å². The quantitative estimate of drug-likeness (QED) is 0.617. The normalized spacial score (nSPS) is 17.0. The summed E-state index contributed by atoms with van der Waals surface area (Å²) < 4.78 is 12.8. The molecule has 3 heteroatoms. The second-order valence-electron chi connectivity index (χ2n) is 8.05. The Hall–Kier alpha value is -1.53. The van der Waals surface area contributed by atoms with E-state index >= 15 is 0 Å². The van der Waals surface area contributed by atoms with Crippen molar-refractivity contribution in [2.24, 2.45) is 5.41 Å². The summed E-state index contributed by atoms with van der Waals surface area (Å²) in [5.74, 6) is 6.10. The van der Waals surface area contributed by atoms with E-state index in [9.17, 15) is 9.00 Å². The van der Waals surface area contributed by atoms with E-state index in [0.717, 1.165) is 31.2 Å². The Morgan fingerprint density at radius 2 is 1.62 bits per heavy atom. The van der Waals surface area contributed by atoms with Gasteiger partial charge in [0.2, 0.25) is 0 Å². The fraction of sp³-hybridized carbons (Fsp3) is 0.524. The van der Waals surface area contributed by atoms with E-state index in [1.165, 1.54) is 0 Å². The van der Waals surface area contributed by atoms with Crippen molar-refractivity contribution in [1.82, 2.24) is 0 Å². The number of hydrogen-bond acceptors (Lipinski definition) is 2. The highest BCUT2D eigenvalue weighted by Gasteiger charge is 2.44. The van der Waals surface area contributed by atoms with Crippen molar-refractivity contribution in [2.45, 2.75) is 51.9 Å². The highest BCUT2D eigenvalue weighted by atomic mass is 32.2. The lowest BCUT2D eigenvalue weighted by Gasteiger charge is -2.28. The number of carbonyl (C=O) groups excluding carboxylic acids is 1. The summed E-state index contributed by atoms with van der Waals surface area (Å²) in [6, 6.07) is 9.94. The summed E-state index contributed by atoms with van der Waals surface area (Å²) in [7, 11) is -2.43. The lowest BCUT2D eigenvalue weighted by Crippen LogP contribution is -2.40. The van der Waals surface area contributed by atoms with Crippen LogP contribution in [-0.4, -0.2) is 27.4 Å². The Kier molecular flexibility index (Phi) is 5.30. The predicted molar refractivity (Wildman–Crippen MR) is 104 cm³/mol. The monoisotopic (exact) mass is 344 g/mol. The second kappa shape index (κ2) is 6.76. The fourth-order valence-electron chi connectivity index (χ4n) is 3.25. The number of ketones is 1. The number of carbonyl (C=O) groups is 1. The van der Waals surface area contributed by atoms with Crippen molar-refractivity contribution in [3.8, 4) is 11.8 Å². The molecule has 0 aliphatic heterocycles. The maximum Gasteiger partial charge on any atom is 0.189 e. The number of rotatable bonds is 3. The van der Waals surface area contributed by atoms with Gasteiger partial charge in [-0.2, -0.15) is 0 Å². The molecule has 130 valence electrons. The Bertz CT molecular complexity index is 778. The molecule has 0 amide bonds. The van der Waals surface area contributed by atoms with Crippen LogP contribution in [0.5, 0.6) is 0 Å². The van der Waals surface area contributed by atoms with E-state index in [2.05, 4.69) is 11.8 Å². The molecular formula is C21H28O2S. The molecule has 1 aromatic rings. The zero-order chi connectivity index (χ0) is 18.0. The lowest BCUT2D eigenvalue weighted by molar-refractivity contribution is -0.117. The van der Waals surface area contributed by atoms with Crippen LogP contribution < -0.4 is 0 Å². The highest BCUT2D eigenvalue weighted by Crippen LogP contribution is 2.42. The van der Waals surface area contributed by atoms with Gasteiger partial charge in [-0.25, -0.2) is 0 Å². The summed E-state index contributed by atoms with van der Waals surface area (Å²) >= 11 is 0. The second-order valence-corrected chi connectivity index (χ2v) is 10.9. The van der Waals surface area contributed by atoms with Crippen LogP contribution in [0.4, 0.5) is 0 Å². The number of hydrogen-bond donors (Lipinski definition) is 0. The third kappa shape index (κ3) is 4.11. The molecule has 1 aliphatic rings. The van der Waals surface area contributed by atoms with E-state index in [4.69, 9.17) is 0 Å². The van der Waals surface area contributed by atoms with Gasteiger partial charge < -0.3 is 0 Å². The Morgan fingerprint density at radius 3 is 2.08 bits per heavy atom. The van der Waals surface area contributed by atoms with E-state index in [1.807, 2.05) is 51.1 Å². The number of benzene rings is 1. The molecule has 0 unspecified atom stereocenters. The Morgan fingerprint density at radius 1 is 1.08 bits per heavy atom. The minimum Gasteiger partial charge on any atom is -0.292 e. The van der Waals surface area contributed by atoms with E-state index in [0.29, 0.717) is 4.86 Å².